The van der Waals surface area contributed by atoms with Gasteiger partial charge in [-0.05, 0) is 37.7 Å². The summed E-state index contributed by atoms with van der Waals surface area (Å²) < 4.78 is 24.7. The average molecular weight is 324 g/mol. The van der Waals surface area contributed by atoms with E-state index in [9.17, 15) is 13.2 Å². The van der Waals surface area contributed by atoms with Gasteiger partial charge in [-0.15, -0.1) is 0 Å². The normalized spacial score (nSPS) is 23.2. The molecule has 0 heterocycles. The molecule has 0 saturated heterocycles. The molecule has 1 aromatic rings. The molecule has 1 aliphatic carbocycles. The minimum atomic E-state index is -3.37. The predicted molar refractivity (Wildman–Crippen MR) is 86.9 cm³/mol. The second-order valence-electron chi connectivity index (χ2n) is 6.11. The van der Waals surface area contributed by atoms with E-state index < -0.39 is 16.1 Å². The highest BCUT2D eigenvalue weighted by Crippen LogP contribution is 2.28. The Morgan fingerprint density at radius 1 is 1.27 bits per heavy atom. The molecule has 122 valence electrons. The van der Waals surface area contributed by atoms with Crippen LogP contribution in [-0.2, 0) is 21.2 Å². The third kappa shape index (κ3) is 5.10. The van der Waals surface area contributed by atoms with Crippen molar-refractivity contribution >= 4 is 15.9 Å². The van der Waals surface area contributed by atoms with E-state index in [0.717, 1.165) is 31.9 Å². The van der Waals surface area contributed by atoms with Gasteiger partial charge < -0.3 is 5.32 Å². The molecule has 0 unspecified atom stereocenters. The molecule has 0 spiro atoms. The molecule has 3 atom stereocenters. The van der Waals surface area contributed by atoms with Crippen molar-refractivity contribution in [1.82, 2.24) is 10.0 Å². The van der Waals surface area contributed by atoms with Gasteiger partial charge in [0.25, 0.3) is 0 Å². The standard InChI is InChI=1S/C16H24N2O3S/c1-12(18-22(2,20)21)16(19)17-15-10-6-9-14(15)11-13-7-4-3-5-8-13/h3-5,7-8,12,14-15,18H,6,9-11H2,1-2H3,(H,17,19)/t12-,14+,15+/m0/s1. The van der Waals surface area contributed by atoms with Gasteiger partial charge >= 0.3 is 0 Å². The maximum Gasteiger partial charge on any atom is 0.238 e. The summed E-state index contributed by atoms with van der Waals surface area (Å²) in [5, 5.41) is 3.01. The van der Waals surface area contributed by atoms with Crippen LogP contribution in [0.1, 0.15) is 31.7 Å². The van der Waals surface area contributed by atoms with E-state index in [-0.39, 0.29) is 11.9 Å². The first-order chi connectivity index (χ1) is 10.3. The Labute approximate surface area is 132 Å². The topological polar surface area (TPSA) is 75.3 Å². The Hall–Kier alpha value is -1.40. The van der Waals surface area contributed by atoms with Gasteiger partial charge in [-0.2, -0.15) is 0 Å². The molecule has 1 amide bonds. The van der Waals surface area contributed by atoms with Crippen molar-refractivity contribution in [2.45, 2.75) is 44.7 Å². The van der Waals surface area contributed by atoms with Crippen LogP contribution in [0.25, 0.3) is 0 Å². The van der Waals surface area contributed by atoms with Crippen LogP contribution in [0.4, 0.5) is 0 Å². The minimum absolute atomic E-state index is 0.122. The zero-order valence-electron chi connectivity index (χ0n) is 13.1. The lowest BCUT2D eigenvalue weighted by molar-refractivity contribution is -0.123. The number of benzene rings is 1. The van der Waals surface area contributed by atoms with E-state index in [4.69, 9.17) is 0 Å². The quantitative estimate of drug-likeness (QED) is 0.832. The van der Waals surface area contributed by atoms with Crippen LogP contribution < -0.4 is 10.0 Å². The van der Waals surface area contributed by atoms with Gasteiger partial charge in [0.05, 0.1) is 12.3 Å². The van der Waals surface area contributed by atoms with Gasteiger partial charge in [-0.25, -0.2) is 13.1 Å². The van der Waals surface area contributed by atoms with Crippen molar-refractivity contribution in [1.29, 1.82) is 0 Å². The molecule has 1 saturated carbocycles. The summed E-state index contributed by atoms with van der Waals surface area (Å²) >= 11 is 0. The first kappa shape index (κ1) is 17.0. The lowest BCUT2D eigenvalue weighted by Gasteiger charge is -2.23. The number of nitrogens with one attached hydrogen (secondary N) is 2. The molecule has 1 aromatic carbocycles. The van der Waals surface area contributed by atoms with Crippen LogP contribution in [0.2, 0.25) is 0 Å². The lowest BCUT2D eigenvalue weighted by atomic mass is 9.94. The number of amides is 1. The summed E-state index contributed by atoms with van der Waals surface area (Å²) in [6.45, 7) is 1.57. The fourth-order valence-electron chi connectivity index (χ4n) is 3.07. The first-order valence-corrected chi connectivity index (χ1v) is 9.56. The summed E-state index contributed by atoms with van der Waals surface area (Å²) in [7, 11) is -3.37. The molecule has 6 heteroatoms. The van der Waals surface area contributed by atoms with Gasteiger partial charge in [0.2, 0.25) is 15.9 Å². The van der Waals surface area contributed by atoms with Crippen LogP contribution in [0.3, 0.4) is 0 Å². The van der Waals surface area contributed by atoms with Crippen molar-refractivity contribution in [3.8, 4) is 0 Å². The summed E-state index contributed by atoms with van der Waals surface area (Å²) in [4.78, 5) is 12.1. The van der Waals surface area contributed by atoms with Gasteiger partial charge in [0, 0.05) is 6.04 Å². The van der Waals surface area contributed by atoms with Crippen molar-refractivity contribution in [3.05, 3.63) is 35.9 Å². The molecular weight excluding hydrogens is 300 g/mol. The first-order valence-electron chi connectivity index (χ1n) is 7.67. The zero-order chi connectivity index (χ0) is 16.2. The smallest absolute Gasteiger partial charge is 0.238 e. The molecule has 0 bridgehead atoms. The molecule has 22 heavy (non-hydrogen) atoms. The Morgan fingerprint density at radius 3 is 2.59 bits per heavy atom. The number of carbonyl (C=O) groups is 1. The van der Waals surface area contributed by atoms with Gasteiger partial charge in [-0.3, -0.25) is 4.79 Å². The van der Waals surface area contributed by atoms with Crippen molar-refractivity contribution < 1.29 is 13.2 Å². The molecular formula is C16H24N2O3S. The summed E-state index contributed by atoms with van der Waals surface area (Å²) in [5.41, 5.74) is 1.27. The van der Waals surface area contributed by atoms with Crippen LogP contribution >= 0.6 is 0 Å². The molecule has 0 aliphatic heterocycles. The second kappa shape index (κ2) is 7.24. The van der Waals surface area contributed by atoms with E-state index >= 15 is 0 Å². The molecule has 2 rings (SSSR count). The van der Waals surface area contributed by atoms with E-state index in [1.54, 1.807) is 6.92 Å². The van der Waals surface area contributed by atoms with E-state index in [0.29, 0.717) is 5.92 Å². The highest BCUT2D eigenvalue weighted by atomic mass is 32.2. The molecule has 5 nitrogen and oxygen atoms in total. The maximum absolute atomic E-state index is 12.1. The maximum atomic E-state index is 12.1. The fraction of sp³-hybridized carbons (Fsp3) is 0.562. The second-order valence-corrected chi connectivity index (χ2v) is 7.89. The Morgan fingerprint density at radius 2 is 1.95 bits per heavy atom. The Bertz CT molecular complexity index is 601. The van der Waals surface area contributed by atoms with Crippen molar-refractivity contribution in [2.24, 2.45) is 5.92 Å². The van der Waals surface area contributed by atoms with E-state index in [1.165, 1.54) is 5.56 Å². The lowest BCUT2D eigenvalue weighted by Crippen LogP contribution is -2.48. The average Bonchev–Trinajstić information content (AvgIpc) is 2.85. The molecule has 1 fully saturated rings. The third-order valence-corrected chi connectivity index (χ3v) is 4.89. The predicted octanol–water partition coefficient (Wildman–Crippen LogP) is 1.45. The summed E-state index contributed by atoms with van der Waals surface area (Å²) in [6.07, 6.45) is 5.14. The summed E-state index contributed by atoms with van der Waals surface area (Å²) in [5.74, 6) is 0.159. The van der Waals surface area contributed by atoms with Crippen molar-refractivity contribution in [2.75, 3.05) is 6.26 Å². The highest BCUT2D eigenvalue weighted by Gasteiger charge is 2.30. The van der Waals surface area contributed by atoms with E-state index in [1.807, 2.05) is 18.2 Å². The van der Waals surface area contributed by atoms with Crippen LogP contribution in [0.5, 0.6) is 0 Å². The molecule has 2 N–H and O–H groups in total. The zero-order valence-corrected chi connectivity index (χ0v) is 13.9. The number of hydrogen-bond donors (Lipinski definition) is 2. The molecule has 1 aliphatic rings. The number of hydrogen-bond acceptors (Lipinski definition) is 3. The number of rotatable bonds is 6. The minimum Gasteiger partial charge on any atom is -0.352 e. The van der Waals surface area contributed by atoms with E-state index in [2.05, 4.69) is 22.2 Å². The SMILES string of the molecule is C[C@H](NS(C)(=O)=O)C(=O)N[C@@H]1CCC[C@@H]1Cc1ccccc1. The fourth-order valence-corrected chi connectivity index (χ4v) is 3.82. The molecule has 0 radical (unpaired) electrons. The van der Waals surface area contributed by atoms with Gasteiger partial charge in [0.1, 0.15) is 0 Å². The van der Waals surface area contributed by atoms with Gasteiger partial charge in [-0.1, -0.05) is 36.8 Å². The monoisotopic (exact) mass is 324 g/mol. The largest absolute Gasteiger partial charge is 0.352 e. The van der Waals surface area contributed by atoms with Crippen LogP contribution in [-0.4, -0.2) is 32.7 Å². The third-order valence-electron chi connectivity index (χ3n) is 4.11. The summed E-state index contributed by atoms with van der Waals surface area (Å²) in [6, 6.07) is 9.63. The number of sulfonamides is 1. The Kier molecular flexibility index (Phi) is 5.58. The molecule has 0 aromatic heterocycles. The number of carbonyl (C=O) groups excluding carboxylic acids is 1. The van der Waals surface area contributed by atoms with Crippen molar-refractivity contribution in [3.63, 3.8) is 0 Å². The Balaban J connectivity index is 1.92. The van der Waals surface area contributed by atoms with Crippen LogP contribution in [0, 0.1) is 5.92 Å². The van der Waals surface area contributed by atoms with Gasteiger partial charge in [0.15, 0.2) is 0 Å². The van der Waals surface area contributed by atoms with Crippen LogP contribution in [0.15, 0.2) is 30.3 Å². The highest BCUT2D eigenvalue weighted by molar-refractivity contribution is 7.88.